The molecule has 1 aliphatic rings. The van der Waals surface area contributed by atoms with Crippen LogP contribution in [0.5, 0.6) is 0 Å². The van der Waals surface area contributed by atoms with Crippen LogP contribution in [0.2, 0.25) is 0 Å². The van der Waals surface area contributed by atoms with Gasteiger partial charge in [0.25, 0.3) is 0 Å². The van der Waals surface area contributed by atoms with Crippen molar-refractivity contribution in [2.75, 3.05) is 36.6 Å². The number of nitrogen functional groups attached to an aromatic ring is 1. The third-order valence-corrected chi connectivity index (χ3v) is 5.66. The fourth-order valence-electron chi connectivity index (χ4n) is 3.19. The summed E-state index contributed by atoms with van der Waals surface area (Å²) in [7, 11) is 1.71. The summed E-state index contributed by atoms with van der Waals surface area (Å²) in [6.07, 6.45) is 4.33. The third-order valence-electron chi connectivity index (χ3n) is 4.57. The van der Waals surface area contributed by atoms with Gasteiger partial charge in [-0.1, -0.05) is 47.7 Å². The summed E-state index contributed by atoms with van der Waals surface area (Å²) in [6.45, 7) is 1.53. The largest absolute Gasteiger partial charge is 0.396 e. The van der Waals surface area contributed by atoms with Crippen molar-refractivity contribution < 1.29 is 4.74 Å². The highest BCUT2D eigenvalue weighted by Gasteiger charge is 2.28. The first-order valence-electron chi connectivity index (χ1n) is 9.23. The predicted molar refractivity (Wildman–Crippen MR) is 116 cm³/mol. The first-order valence-corrected chi connectivity index (χ1v) is 10.0. The normalized spacial score (nSPS) is 15.5. The Balaban J connectivity index is 1.72. The zero-order valence-electron chi connectivity index (χ0n) is 15.7. The van der Waals surface area contributed by atoms with Crippen LogP contribution in [-0.2, 0) is 4.74 Å². The van der Waals surface area contributed by atoms with Crippen molar-refractivity contribution in [3.8, 4) is 0 Å². The van der Waals surface area contributed by atoms with Gasteiger partial charge in [0.2, 0.25) is 0 Å². The molecule has 28 heavy (non-hydrogen) atoms. The smallest absolute Gasteiger partial charge is 0.147 e. The van der Waals surface area contributed by atoms with Crippen LogP contribution in [0.1, 0.15) is 29.3 Å². The first kappa shape index (κ1) is 18.5. The molecule has 0 radical (unpaired) electrons. The van der Waals surface area contributed by atoms with Crippen molar-refractivity contribution in [3.63, 3.8) is 0 Å². The van der Waals surface area contributed by atoms with E-state index in [1.807, 2.05) is 36.5 Å². The molecule has 2 aromatic heterocycles. The van der Waals surface area contributed by atoms with Gasteiger partial charge in [0.05, 0.1) is 17.0 Å². The van der Waals surface area contributed by atoms with Crippen LogP contribution < -0.4 is 16.4 Å². The van der Waals surface area contributed by atoms with Crippen LogP contribution >= 0.6 is 11.3 Å². The first-order chi connectivity index (χ1) is 13.8. The lowest BCUT2D eigenvalue weighted by Crippen LogP contribution is -2.20. The number of aliphatic imine (C=N–C) groups is 1. The third kappa shape index (κ3) is 3.72. The maximum atomic E-state index is 6.53. The highest BCUT2D eigenvalue weighted by Crippen LogP contribution is 2.45. The number of nitrogens with one attached hydrogen (secondary N) is 2. The van der Waals surface area contributed by atoms with Gasteiger partial charge >= 0.3 is 0 Å². The van der Waals surface area contributed by atoms with Crippen molar-refractivity contribution in [2.45, 2.75) is 12.6 Å². The second kappa shape index (κ2) is 8.41. The van der Waals surface area contributed by atoms with Gasteiger partial charge in [0.1, 0.15) is 16.2 Å². The van der Waals surface area contributed by atoms with Gasteiger partial charge < -0.3 is 21.1 Å². The van der Waals surface area contributed by atoms with E-state index >= 15 is 0 Å². The fourth-order valence-corrected chi connectivity index (χ4v) is 4.26. The zero-order valence-corrected chi connectivity index (χ0v) is 16.5. The van der Waals surface area contributed by atoms with Crippen molar-refractivity contribution in [1.29, 1.82) is 0 Å². The van der Waals surface area contributed by atoms with Gasteiger partial charge in [0.15, 0.2) is 0 Å². The summed E-state index contributed by atoms with van der Waals surface area (Å²) in [4.78, 5) is 9.23. The topological polar surface area (TPSA) is 84.6 Å². The molecule has 0 saturated carbocycles. The number of hydrogen-bond donors (Lipinski definition) is 3. The molecular weight excluding hydrogens is 370 g/mol. The van der Waals surface area contributed by atoms with E-state index in [2.05, 4.69) is 27.8 Å². The summed E-state index contributed by atoms with van der Waals surface area (Å²) in [5.41, 5.74) is 11.2. The van der Waals surface area contributed by atoms with Gasteiger partial charge in [-0.05, 0) is 12.5 Å². The van der Waals surface area contributed by atoms with Crippen LogP contribution in [0.4, 0.5) is 15.7 Å². The molecule has 3 aromatic rings. The molecule has 1 aliphatic heterocycles. The van der Waals surface area contributed by atoms with Crippen LogP contribution in [0.3, 0.4) is 0 Å². The molecule has 0 saturated heterocycles. The van der Waals surface area contributed by atoms with E-state index in [4.69, 9.17) is 15.5 Å². The molecule has 0 amide bonds. The van der Waals surface area contributed by atoms with Gasteiger partial charge in [-0.2, -0.15) is 0 Å². The Bertz CT molecular complexity index is 956. The fraction of sp³-hybridized carbons (Fsp3) is 0.238. The number of fused-ring (bicyclic) bond motifs is 1. The van der Waals surface area contributed by atoms with Crippen LogP contribution in [0.25, 0.3) is 0 Å². The molecule has 0 fully saturated rings. The molecule has 1 unspecified atom stereocenters. The molecule has 7 heteroatoms. The molecule has 4 rings (SSSR count). The number of benzene rings is 1. The minimum atomic E-state index is -0.198. The second-order valence-corrected chi connectivity index (χ2v) is 7.52. The molecule has 144 valence electrons. The molecule has 0 bridgehead atoms. The number of hydrogen-bond acceptors (Lipinski definition) is 7. The molecule has 6 nitrogen and oxygen atoms in total. The Morgan fingerprint density at radius 1 is 1.21 bits per heavy atom. The minimum Gasteiger partial charge on any atom is -0.396 e. The number of aromatic nitrogens is 1. The van der Waals surface area contributed by atoms with Crippen molar-refractivity contribution >= 4 is 32.7 Å². The van der Waals surface area contributed by atoms with Crippen molar-refractivity contribution in [2.24, 2.45) is 4.99 Å². The summed E-state index contributed by atoms with van der Waals surface area (Å²) in [5.74, 6) is 0. The number of nitrogens with two attached hydrogens (primary N) is 1. The molecule has 0 aliphatic carbocycles. The van der Waals surface area contributed by atoms with Gasteiger partial charge in [0, 0.05) is 43.8 Å². The van der Waals surface area contributed by atoms with E-state index in [0.717, 1.165) is 57.7 Å². The van der Waals surface area contributed by atoms with Gasteiger partial charge in [-0.25, -0.2) is 0 Å². The van der Waals surface area contributed by atoms with E-state index in [1.54, 1.807) is 24.6 Å². The average molecular weight is 394 g/mol. The SMILES string of the molecule is COCCCNc1sc2c(c1N)C(c1ccccc1)=NC(c1cccnc1)N2. The summed E-state index contributed by atoms with van der Waals surface area (Å²) in [5, 5.41) is 8.94. The standard InChI is InChI=1S/C21H23N5OS/c1-27-12-6-11-24-21-17(22)16-18(14-7-3-2-4-8-14)25-19(26-20(16)28-21)15-9-5-10-23-13-15/h2-5,7-10,13,19,24,26H,6,11-12,22H2,1H3. The minimum absolute atomic E-state index is 0.198. The number of thiophene rings is 1. The molecule has 0 spiro atoms. The van der Waals surface area contributed by atoms with Crippen LogP contribution in [-0.4, -0.2) is 31.0 Å². The molecular formula is C21H23N5OS. The summed E-state index contributed by atoms with van der Waals surface area (Å²) < 4.78 is 5.12. The van der Waals surface area contributed by atoms with E-state index in [-0.39, 0.29) is 6.17 Å². The highest BCUT2D eigenvalue weighted by atomic mass is 32.1. The van der Waals surface area contributed by atoms with E-state index < -0.39 is 0 Å². The lowest BCUT2D eigenvalue weighted by atomic mass is 10.0. The molecule has 3 heterocycles. The maximum Gasteiger partial charge on any atom is 0.147 e. The average Bonchev–Trinajstić information content (AvgIpc) is 3.07. The molecule has 1 aromatic carbocycles. The monoisotopic (exact) mass is 393 g/mol. The Morgan fingerprint density at radius 3 is 2.82 bits per heavy atom. The van der Waals surface area contributed by atoms with E-state index in [1.165, 1.54) is 0 Å². The van der Waals surface area contributed by atoms with Gasteiger partial charge in [-0.15, -0.1) is 0 Å². The molecule has 4 N–H and O–H groups in total. The lowest BCUT2D eigenvalue weighted by Gasteiger charge is -2.23. The van der Waals surface area contributed by atoms with Crippen molar-refractivity contribution in [3.05, 3.63) is 71.5 Å². The van der Waals surface area contributed by atoms with E-state index in [9.17, 15) is 0 Å². The van der Waals surface area contributed by atoms with E-state index in [0.29, 0.717) is 0 Å². The number of pyridine rings is 1. The Kier molecular flexibility index (Phi) is 5.55. The number of methoxy groups -OCH3 is 1. The lowest BCUT2D eigenvalue weighted by molar-refractivity contribution is 0.198. The van der Waals surface area contributed by atoms with Gasteiger partial charge in [-0.3, -0.25) is 9.98 Å². The number of anilines is 3. The molecule has 1 atom stereocenters. The zero-order chi connectivity index (χ0) is 19.3. The Hall–Kier alpha value is -2.90. The number of ether oxygens (including phenoxy) is 1. The quantitative estimate of drug-likeness (QED) is 0.526. The summed E-state index contributed by atoms with van der Waals surface area (Å²) >= 11 is 1.63. The van der Waals surface area contributed by atoms with Crippen LogP contribution in [0, 0.1) is 0 Å². The highest BCUT2D eigenvalue weighted by molar-refractivity contribution is 7.21. The summed E-state index contributed by atoms with van der Waals surface area (Å²) in [6, 6.07) is 14.1. The maximum absolute atomic E-state index is 6.53. The predicted octanol–water partition coefficient (Wildman–Crippen LogP) is 4.14. The Labute approximate surface area is 168 Å². The van der Waals surface area contributed by atoms with Crippen molar-refractivity contribution in [1.82, 2.24) is 4.98 Å². The second-order valence-electron chi connectivity index (χ2n) is 6.50. The number of rotatable bonds is 7. The Morgan fingerprint density at radius 2 is 2.07 bits per heavy atom. The van der Waals surface area contributed by atoms with Crippen LogP contribution in [0.15, 0.2) is 59.9 Å². The number of nitrogens with zero attached hydrogens (tertiary/aromatic N) is 2.